The van der Waals surface area contributed by atoms with E-state index in [9.17, 15) is 14.9 Å². The molecule has 1 aliphatic rings. The number of fused-ring (bicyclic) bond motifs is 1. The van der Waals surface area contributed by atoms with E-state index in [0.29, 0.717) is 11.5 Å². The molecule has 7 nitrogen and oxygen atoms in total. The Morgan fingerprint density at radius 3 is 2.72 bits per heavy atom. The fourth-order valence-electron chi connectivity index (χ4n) is 2.37. The third-order valence-electron chi connectivity index (χ3n) is 3.75. The number of aryl methyl sites for hydroxylation is 1. The van der Waals surface area contributed by atoms with E-state index in [1.165, 1.54) is 18.2 Å². The van der Waals surface area contributed by atoms with E-state index >= 15 is 0 Å². The lowest BCUT2D eigenvalue weighted by atomic mass is 10.1. The third-order valence-corrected chi connectivity index (χ3v) is 3.75. The monoisotopic (exact) mass is 341 g/mol. The van der Waals surface area contributed by atoms with Gasteiger partial charge in [-0.1, -0.05) is 24.3 Å². The molecule has 0 spiro atoms. The zero-order valence-electron chi connectivity index (χ0n) is 13.4. The van der Waals surface area contributed by atoms with Crippen LogP contribution in [0.1, 0.15) is 16.7 Å². The number of carbonyl (C=O) groups is 1. The van der Waals surface area contributed by atoms with E-state index in [4.69, 9.17) is 14.2 Å². The van der Waals surface area contributed by atoms with Crippen molar-refractivity contribution in [1.82, 2.24) is 0 Å². The summed E-state index contributed by atoms with van der Waals surface area (Å²) in [6.45, 7) is 2.08. The molecule has 2 aromatic carbocycles. The van der Waals surface area contributed by atoms with E-state index in [2.05, 4.69) is 0 Å². The maximum absolute atomic E-state index is 11.9. The van der Waals surface area contributed by atoms with Crippen LogP contribution in [-0.2, 0) is 16.1 Å². The molecule has 0 atom stereocenters. The van der Waals surface area contributed by atoms with Crippen molar-refractivity contribution in [2.75, 3.05) is 6.79 Å². The van der Waals surface area contributed by atoms with Gasteiger partial charge >= 0.3 is 5.97 Å². The largest absolute Gasteiger partial charge is 0.458 e. The van der Waals surface area contributed by atoms with Crippen LogP contribution in [0, 0.1) is 17.0 Å². The van der Waals surface area contributed by atoms with Crippen LogP contribution in [-0.4, -0.2) is 17.7 Å². The number of rotatable bonds is 5. The zero-order valence-corrected chi connectivity index (χ0v) is 13.4. The maximum Gasteiger partial charge on any atom is 0.331 e. The number of nitro groups is 1. The first-order chi connectivity index (χ1) is 12.0. The number of hydrogen-bond acceptors (Lipinski definition) is 6. The Morgan fingerprint density at radius 2 is 2.00 bits per heavy atom. The number of nitro benzene ring substituents is 1. The standard InChI is InChI=1S/C18H15NO6/c1-12-4-2-3-5-14(12)10-23-18(20)7-6-13-8-16-17(25-11-24-16)9-15(13)19(21)22/h2-9H,10-11H2,1H3/b7-6+. The van der Waals surface area contributed by atoms with Gasteiger partial charge in [0.1, 0.15) is 6.61 Å². The number of carbonyl (C=O) groups excluding carboxylic acids is 1. The number of hydrogen-bond donors (Lipinski definition) is 0. The maximum atomic E-state index is 11.9. The fourth-order valence-corrected chi connectivity index (χ4v) is 2.37. The highest BCUT2D eigenvalue weighted by Crippen LogP contribution is 2.38. The first-order valence-electron chi connectivity index (χ1n) is 7.52. The molecule has 2 aromatic rings. The molecule has 25 heavy (non-hydrogen) atoms. The molecule has 3 rings (SSSR count). The van der Waals surface area contributed by atoms with Crippen molar-refractivity contribution >= 4 is 17.7 Å². The molecule has 128 valence electrons. The van der Waals surface area contributed by atoms with E-state index in [1.54, 1.807) is 0 Å². The van der Waals surface area contributed by atoms with E-state index in [0.717, 1.165) is 17.2 Å². The van der Waals surface area contributed by atoms with Gasteiger partial charge in [0.25, 0.3) is 5.69 Å². The molecule has 0 N–H and O–H groups in total. The summed E-state index contributed by atoms with van der Waals surface area (Å²) >= 11 is 0. The van der Waals surface area contributed by atoms with Gasteiger partial charge < -0.3 is 14.2 Å². The van der Waals surface area contributed by atoms with Gasteiger partial charge in [0.05, 0.1) is 16.6 Å². The Labute approximate surface area is 143 Å². The van der Waals surface area contributed by atoms with Crippen molar-refractivity contribution in [3.05, 3.63) is 69.3 Å². The van der Waals surface area contributed by atoms with Gasteiger partial charge in [0.2, 0.25) is 6.79 Å². The Bertz CT molecular complexity index is 859. The number of nitrogens with zero attached hydrogens (tertiary/aromatic N) is 1. The van der Waals surface area contributed by atoms with Gasteiger partial charge in [-0.3, -0.25) is 10.1 Å². The summed E-state index contributed by atoms with van der Waals surface area (Å²) in [6.07, 6.45) is 2.49. The van der Waals surface area contributed by atoms with Crippen LogP contribution >= 0.6 is 0 Å². The van der Waals surface area contributed by atoms with Crippen molar-refractivity contribution in [3.63, 3.8) is 0 Å². The lowest BCUT2D eigenvalue weighted by Crippen LogP contribution is -2.02. The van der Waals surface area contributed by atoms with Crippen LogP contribution in [0.25, 0.3) is 6.08 Å². The van der Waals surface area contributed by atoms with Gasteiger partial charge in [-0.25, -0.2) is 4.79 Å². The molecule has 0 saturated heterocycles. The van der Waals surface area contributed by atoms with E-state index < -0.39 is 10.9 Å². The normalized spacial score (nSPS) is 12.4. The van der Waals surface area contributed by atoms with Gasteiger partial charge in [-0.05, 0) is 30.2 Å². The zero-order chi connectivity index (χ0) is 17.8. The van der Waals surface area contributed by atoms with Crippen LogP contribution in [0.3, 0.4) is 0 Å². The minimum Gasteiger partial charge on any atom is -0.458 e. The lowest BCUT2D eigenvalue weighted by molar-refractivity contribution is -0.385. The van der Waals surface area contributed by atoms with Crippen molar-refractivity contribution in [3.8, 4) is 11.5 Å². The van der Waals surface area contributed by atoms with Gasteiger partial charge in [0, 0.05) is 6.08 Å². The molecule has 0 radical (unpaired) electrons. The van der Waals surface area contributed by atoms with Crippen molar-refractivity contribution < 1.29 is 23.9 Å². The van der Waals surface area contributed by atoms with Crippen LogP contribution < -0.4 is 9.47 Å². The Hall–Kier alpha value is -3.35. The molecular formula is C18H15NO6. The molecule has 0 amide bonds. The summed E-state index contributed by atoms with van der Waals surface area (Å²) in [5.74, 6) is 0.125. The quantitative estimate of drug-likeness (QED) is 0.358. The second kappa shape index (κ2) is 7.04. The van der Waals surface area contributed by atoms with E-state index in [-0.39, 0.29) is 24.7 Å². The molecule has 1 heterocycles. The summed E-state index contributed by atoms with van der Waals surface area (Å²) in [7, 11) is 0. The van der Waals surface area contributed by atoms with Crippen LogP contribution in [0.5, 0.6) is 11.5 Å². The summed E-state index contributed by atoms with van der Waals surface area (Å²) in [4.78, 5) is 22.5. The molecule has 0 unspecified atom stereocenters. The summed E-state index contributed by atoms with van der Waals surface area (Å²) in [6, 6.07) is 10.3. The molecule has 1 aliphatic heterocycles. The first-order valence-corrected chi connectivity index (χ1v) is 7.52. The van der Waals surface area contributed by atoms with Crippen LogP contribution in [0.4, 0.5) is 5.69 Å². The molecule has 0 fully saturated rings. The topological polar surface area (TPSA) is 87.9 Å². The van der Waals surface area contributed by atoms with Crippen molar-refractivity contribution in [1.29, 1.82) is 0 Å². The minimum absolute atomic E-state index is 0.0120. The molecule has 0 aromatic heterocycles. The predicted molar refractivity (Wildman–Crippen MR) is 89.2 cm³/mol. The minimum atomic E-state index is -0.588. The fraction of sp³-hybridized carbons (Fsp3) is 0.167. The average molecular weight is 341 g/mol. The van der Waals surface area contributed by atoms with Crippen LogP contribution in [0.2, 0.25) is 0 Å². The molecule has 0 saturated carbocycles. The third kappa shape index (κ3) is 3.77. The Balaban J connectivity index is 1.72. The van der Waals surface area contributed by atoms with Crippen molar-refractivity contribution in [2.24, 2.45) is 0 Å². The highest BCUT2D eigenvalue weighted by Gasteiger charge is 2.22. The first kappa shape index (κ1) is 16.5. The Morgan fingerprint density at radius 1 is 1.28 bits per heavy atom. The van der Waals surface area contributed by atoms with Crippen molar-refractivity contribution in [2.45, 2.75) is 13.5 Å². The predicted octanol–water partition coefficient (Wildman–Crippen LogP) is 3.39. The highest BCUT2D eigenvalue weighted by molar-refractivity contribution is 5.88. The number of ether oxygens (including phenoxy) is 3. The lowest BCUT2D eigenvalue weighted by Gasteiger charge is -2.05. The second-order valence-electron chi connectivity index (χ2n) is 5.39. The molecule has 7 heteroatoms. The smallest absolute Gasteiger partial charge is 0.331 e. The molecular weight excluding hydrogens is 326 g/mol. The van der Waals surface area contributed by atoms with Gasteiger partial charge in [-0.2, -0.15) is 0 Å². The highest BCUT2D eigenvalue weighted by atomic mass is 16.7. The van der Waals surface area contributed by atoms with Gasteiger partial charge in [-0.15, -0.1) is 0 Å². The summed E-state index contributed by atoms with van der Waals surface area (Å²) in [5.41, 5.74) is 1.98. The van der Waals surface area contributed by atoms with E-state index in [1.807, 2.05) is 31.2 Å². The molecule has 0 bridgehead atoms. The molecule has 0 aliphatic carbocycles. The summed E-state index contributed by atoms with van der Waals surface area (Å²) < 4.78 is 15.5. The summed E-state index contributed by atoms with van der Waals surface area (Å²) in [5, 5.41) is 11.2. The average Bonchev–Trinajstić information content (AvgIpc) is 3.05. The van der Waals surface area contributed by atoms with Crippen LogP contribution in [0.15, 0.2) is 42.5 Å². The number of benzene rings is 2. The Kier molecular flexibility index (Phi) is 4.65. The van der Waals surface area contributed by atoms with Gasteiger partial charge in [0.15, 0.2) is 11.5 Å². The number of esters is 1. The SMILES string of the molecule is Cc1ccccc1COC(=O)/C=C/c1cc2c(cc1[N+](=O)[O-])OCO2. The second-order valence-corrected chi connectivity index (χ2v) is 5.39.